The molecule has 2 atom stereocenters. The second-order valence-corrected chi connectivity index (χ2v) is 5.38. The molecule has 1 aromatic heterocycles. The molecule has 2 heterocycles. The third-order valence-corrected chi connectivity index (χ3v) is 3.64. The van der Waals surface area contributed by atoms with E-state index >= 15 is 0 Å². The van der Waals surface area contributed by atoms with E-state index in [0.717, 1.165) is 25.9 Å². The van der Waals surface area contributed by atoms with Crippen LogP contribution in [-0.2, 0) is 0 Å². The minimum Gasteiger partial charge on any atom is -0.424 e. The summed E-state index contributed by atoms with van der Waals surface area (Å²) in [5, 5.41) is 17.4. The van der Waals surface area contributed by atoms with Gasteiger partial charge < -0.3 is 9.52 Å². The van der Waals surface area contributed by atoms with Crippen LogP contribution in [0.2, 0.25) is 0 Å². The minimum absolute atomic E-state index is 0.00156. The van der Waals surface area contributed by atoms with Gasteiger partial charge in [0.1, 0.15) is 0 Å². The first-order valence-corrected chi connectivity index (χ1v) is 6.19. The maximum atomic E-state index is 9.45. The summed E-state index contributed by atoms with van der Waals surface area (Å²) in [6.07, 6.45) is 2.18. The molecule has 5 heteroatoms. The van der Waals surface area contributed by atoms with Crippen molar-refractivity contribution in [3.05, 3.63) is 11.8 Å². The molecule has 0 spiro atoms. The number of hydrogen-bond acceptors (Lipinski definition) is 5. The molecular formula is C12H21N3O2. The molecule has 1 fully saturated rings. The van der Waals surface area contributed by atoms with Crippen LogP contribution in [0.3, 0.4) is 0 Å². The Hall–Kier alpha value is -0.940. The van der Waals surface area contributed by atoms with Crippen LogP contribution in [0.25, 0.3) is 0 Å². The predicted molar refractivity (Wildman–Crippen MR) is 63.4 cm³/mol. The third kappa shape index (κ3) is 2.66. The Morgan fingerprint density at radius 1 is 1.53 bits per heavy atom. The zero-order valence-electron chi connectivity index (χ0n) is 10.8. The second-order valence-electron chi connectivity index (χ2n) is 5.38. The number of hydrogen-bond donors (Lipinski definition) is 1. The Morgan fingerprint density at radius 3 is 2.88 bits per heavy atom. The van der Waals surface area contributed by atoms with Crippen LogP contribution in [-0.4, -0.2) is 39.9 Å². The lowest BCUT2D eigenvalue weighted by atomic mass is 9.82. The predicted octanol–water partition coefficient (Wildman–Crippen LogP) is 1.53. The van der Waals surface area contributed by atoms with Crippen LogP contribution in [0.15, 0.2) is 4.42 Å². The summed E-state index contributed by atoms with van der Waals surface area (Å²) in [6.45, 7) is 8.15. The first-order valence-electron chi connectivity index (χ1n) is 6.19. The summed E-state index contributed by atoms with van der Waals surface area (Å²) in [4.78, 5) is 2.31. The van der Waals surface area contributed by atoms with Crippen molar-refractivity contribution in [1.29, 1.82) is 0 Å². The van der Waals surface area contributed by atoms with Crippen molar-refractivity contribution in [1.82, 2.24) is 15.1 Å². The van der Waals surface area contributed by atoms with Gasteiger partial charge in [0.05, 0.1) is 6.04 Å². The lowest BCUT2D eigenvalue weighted by Crippen LogP contribution is -2.44. The van der Waals surface area contributed by atoms with Crippen molar-refractivity contribution < 1.29 is 9.52 Å². The fourth-order valence-corrected chi connectivity index (χ4v) is 2.45. The molecule has 1 aliphatic rings. The van der Waals surface area contributed by atoms with Crippen molar-refractivity contribution in [2.75, 3.05) is 19.7 Å². The van der Waals surface area contributed by atoms with Gasteiger partial charge in [-0.3, -0.25) is 4.90 Å². The lowest BCUT2D eigenvalue weighted by Gasteiger charge is -2.41. The molecule has 17 heavy (non-hydrogen) atoms. The molecule has 5 nitrogen and oxygen atoms in total. The van der Waals surface area contributed by atoms with Gasteiger partial charge in [0.15, 0.2) is 0 Å². The van der Waals surface area contributed by atoms with Crippen molar-refractivity contribution in [3.63, 3.8) is 0 Å². The zero-order valence-corrected chi connectivity index (χ0v) is 10.8. The van der Waals surface area contributed by atoms with Crippen molar-refractivity contribution in [2.45, 2.75) is 39.7 Å². The molecule has 2 unspecified atom stereocenters. The van der Waals surface area contributed by atoms with E-state index in [0.29, 0.717) is 11.8 Å². The maximum absolute atomic E-state index is 9.45. The van der Waals surface area contributed by atoms with Crippen LogP contribution >= 0.6 is 0 Å². The summed E-state index contributed by atoms with van der Waals surface area (Å²) in [7, 11) is 0. The normalized spacial score (nSPS) is 28.2. The molecule has 1 saturated heterocycles. The van der Waals surface area contributed by atoms with Gasteiger partial charge in [0.2, 0.25) is 11.8 Å². The quantitative estimate of drug-likeness (QED) is 0.866. The van der Waals surface area contributed by atoms with E-state index in [2.05, 4.69) is 28.9 Å². The van der Waals surface area contributed by atoms with E-state index in [4.69, 9.17) is 4.42 Å². The van der Waals surface area contributed by atoms with Crippen LogP contribution in [0.4, 0.5) is 0 Å². The Morgan fingerprint density at radius 2 is 2.29 bits per heavy atom. The Kier molecular flexibility index (Phi) is 3.49. The molecule has 0 bridgehead atoms. The Balaban J connectivity index is 2.07. The smallest absolute Gasteiger partial charge is 0.233 e. The number of aliphatic hydroxyl groups excluding tert-OH is 1. The first kappa shape index (κ1) is 12.5. The molecular weight excluding hydrogens is 218 g/mol. The van der Waals surface area contributed by atoms with Gasteiger partial charge >= 0.3 is 0 Å². The van der Waals surface area contributed by atoms with Crippen molar-refractivity contribution in [3.8, 4) is 0 Å². The molecule has 2 rings (SSSR count). The number of aliphatic hydroxyl groups is 1. The van der Waals surface area contributed by atoms with Gasteiger partial charge in [-0.25, -0.2) is 0 Å². The van der Waals surface area contributed by atoms with Crippen molar-refractivity contribution >= 4 is 0 Å². The van der Waals surface area contributed by atoms with E-state index in [1.54, 1.807) is 6.92 Å². The monoisotopic (exact) mass is 239 g/mol. The maximum Gasteiger partial charge on any atom is 0.233 e. The van der Waals surface area contributed by atoms with Gasteiger partial charge in [0.25, 0.3) is 0 Å². The minimum atomic E-state index is 0.00156. The number of nitrogens with zero attached hydrogens (tertiary/aromatic N) is 3. The summed E-state index contributed by atoms with van der Waals surface area (Å²) in [6, 6.07) is 0.127. The number of aromatic nitrogens is 2. The number of aryl methyl sites for hydroxylation is 1. The SMILES string of the molecule is Cc1nnc(C(C)N2CCCC(C)(CO)C2)o1. The molecule has 0 radical (unpaired) electrons. The highest BCUT2D eigenvalue weighted by Gasteiger charge is 2.34. The van der Waals surface area contributed by atoms with Crippen LogP contribution in [0, 0.1) is 12.3 Å². The topological polar surface area (TPSA) is 62.4 Å². The first-order chi connectivity index (χ1) is 8.04. The highest BCUT2D eigenvalue weighted by Crippen LogP contribution is 2.33. The zero-order chi connectivity index (χ0) is 12.5. The summed E-state index contributed by atoms with van der Waals surface area (Å²) in [5.41, 5.74) is 0.00156. The summed E-state index contributed by atoms with van der Waals surface area (Å²) in [5.74, 6) is 1.28. The van der Waals surface area contributed by atoms with E-state index in [1.807, 2.05) is 0 Å². The highest BCUT2D eigenvalue weighted by molar-refractivity contribution is 4.92. The molecule has 0 aliphatic carbocycles. The Bertz CT molecular complexity index is 380. The molecule has 1 aromatic rings. The average Bonchev–Trinajstić information content (AvgIpc) is 2.75. The number of likely N-dealkylation sites (tertiary alicyclic amines) is 1. The van der Waals surface area contributed by atoms with Crippen LogP contribution in [0.1, 0.15) is 44.5 Å². The Labute approximate surface area is 102 Å². The number of piperidine rings is 1. The molecule has 0 amide bonds. The van der Waals surface area contributed by atoms with E-state index in [-0.39, 0.29) is 18.1 Å². The van der Waals surface area contributed by atoms with Crippen LogP contribution < -0.4 is 0 Å². The summed E-state index contributed by atoms with van der Waals surface area (Å²) < 4.78 is 5.47. The van der Waals surface area contributed by atoms with E-state index < -0.39 is 0 Å². The molecule has 1 aliphatic heterocycles. The highest BCUT2D eigenvalue weighted by atomic mass is 16.4. The standard InChI is InChI=1S/C12H21N3O2/c1-9(11-14-13-10(2)17-11)15-6-4-5-12(3,7-15)8-16/h9,16H,4-8H2,1-3H3. The third-order valence-electron chi connectivity index (χ3n) is 3.64. The largest absolute Gasteiger partial charge is 0.424 e. The van der Waals surface area contributed by atoms with Gasteiger partial charge in [-0.05, 0) is 26.3 Å². The average molecular weight is 239 g/mol. The second kappa shape index (κ2) is 4.74. The lowest BCUT2D eigenvalue weighted by molar-refractivity contribution is 0.0222. The molecule has 0 aromatic carbocycles. The fraction of sp³-hybridized carbons (Fsp3) is 0.833. The van der Waals surface area contributed by atoms with Gasteiger partial charge in [-0.1, -0.05) is 6.92 Å². The molecule has 1 N–H and O–H groups in total. The van der Waals surface area contributed by atoms with E-state index in [1.165, 1.54) is 0 Å². The fourth-order valence-electron chi connectivity index (χ4n) is 2.45. The van der Waals surface area contributed by atoms with Gasteiger partial charge in [-0.15, -0.1) is 10.2 Å². The summed E-state index contributed by atoms with van der Waals surface area (Å²) >= 11 is 0. The van der Waals surface area contributed by atoms with Crippen LogP contribution in [0.5, 0.6) is 0 Å². The molecule has 0 saturated carbocycles. The number of rotatable bonds is 3. The van der Waals surface area contributed by atoms with E-state index in [9.17, 15) is 5.11 Å². The van der Waals surface area contributed by atoms with Crippen molar-refractivity contribution in [2.24, 2.45) is 5.41 Å². The molecule has 96 valence electrons. The van der Waals surface area contributed by atoms with Gasteiger partial charge in [-0.2, -0.15) is 0 Å². The van der Waals surface area contributed by atoms with Gasteiger partial charge in [0, 0.05) is 25.5 Å².